The molecule has 99 heavy (non-hydrogen) atoms. The summed E-state index contributed by atoms with van der Waals surface area (Å²) in [6.45, 7) is 13.3. The predicted molar refractivity (Wildman–Crippen MR) is 380 cm³/mol. The maximum atomic E-state index is 14.5. The SMILES string of the molecule is CC(C)C[C@H](CC(=O)CNC(=O)[C@H](C[Se]c1ccc2c(c1)[C@@H]1CCC3(C)C(=O)CC[C@@H]3[C@H]1CC2)CC(=O)CNC(=O)CCC(=O)[C@H](Cc1ccccc1)NC(=O)[C@@H](N)CC(C)C)C(=O)N[C@@H](CC(C)C)C(=O)C[C@@H](CCCCN)C(=O)N[C@@H](CC(N)=O)C(=O)C[C@@H](CCCCN)C(N)=O. The molecule has 0 aliphatic heterocycles. The van der Waals surface area contributed by atoms with Gasteiger partial charge in [0.2, 0.25) is 23.6 Å². The van der Waals surface area contributed by atoms with Gasteiger partial charge in [-0.15, -0.1) is 0 Å². The Morgan fingerprint density at radius 1 is 0.576 bits per heavy atom. The minimum atomic E-state index is -1.41. The van der Waals surface area contributed by atoms with Gasteiger partial charge in [-0.2, -0.15) is 0 Å². The van der Waals surface area contributed by atoms with Crippen molar-refractivity contribution in [2.45, 2.75) is 232 Å². The first kappa shape index (κ1) is 82.8. The first-order chi connectivity index (χ1) is 46.9. The summed E-state index contributed by atoms with van der Waals surface area (Å²) in [5.74, 6) is -9.41. The summed E-state index contributed by atoms with van der Waals surface area (Å²) >= 11 is -0.346. The zero-order valence-electron chi connectivity index (χ0n) is 59.6. The Morgan fingerprint density at radius 2 is 1.16 bits per heavy atom. The van der Waals surface area contributed by atoms with E-state index in [2.05, 4.69) is 51.7 Å². The van der Waals surface area contributed by atoms with Gasteiger partial charge < -0.3 is 34.0 Å². The number of hydrogen-bond donors (Lipinski definition) is 10. The molecule has 1 unspecified atom stereocenters. The van der Waals surface area contributed by atoms with Gasteiger partial charge in [-0.05, 0) is 62.6 Å². The molecule has 0 saturated heterocycles. The monoisotopic (exact) mass is 1440 g/mol. The Hall–Kier alpha value is -6.85. The molecule has 2 aromatic carbocycles. The van der Waals surface area contributed by atoms with Crippen molar-refractivity contribution in [2.75, 3.05) is 26.2 Å². The number of amides is 7. The van der Waals surface area contributed by atoms with Crippen LogP contribution >= 0.6 is 0 Å². The molecule has 2 fully saturated rings. The third-order valence-electron chi connectivity index (χ3n) is 20.1. The molecule has 24 heteroatoms. The van der Waals surface area contributed by atoms with Crippen LogP contribution in [0.25, 0.3) is 0 Å². The first-order valence-corrected chi connectivity index (χ1v) is 38.1. The smallest absolute Gasteiger partial charge is 0.370 e. The Balaban J connectivity index is 1.29. The number of ketones is 6. The van der Waals surface area contributed by atoms with E-state index >= 15 is 0 Å². The molecule has 0 spiro atoms. The second-order valence-electron chi connectivity index (χ2n) is 29.6. The van der Waals surface area contributed by atoms with Gasteiger partial charge in [0.25, 0.3) is 0 Å². The predicted octanol–water partition coefficient (Wildman–Crippen LogP) is 4.52. The Bertz CT molecular complexity index is 3120. The summed E-state index contributed by atoms with van der Waals surface area (Å²) < 4.78 is 1.03. The normalized spacial score (nSPS) is 19.6. The van der Waals surface area contributed by atoms with E-state index in [1.807, 2.05) is 71.9 Å². The number of fused-ring (bicyclic) bond motifs is 5. The number of nitrogens with two attached hydrogens (primary N) is 5. The molecule has 5 rings (SSSR count). The summed E-state index contributed by atoms with van der Waals surface area (Å²) in [4.78, 5) is 177. The molecule has 2 saturated carbocycles. The van der Waals surface area contributed by atoms with E-state index in [4.69, 9.17) is 28.7 Å². The minimum Gasteiger partial charge on any atom is -0.370 e. The fraction of sp³-hybridized carbons (Fsp3) is 0.667. The van der Waals surface area contributed by atoms with Crippen molar-refractivity contribution in [2.24, 2.45) is 87.3 Å². The van der Waals surface area contributed by atoms with Gasteiger partial charge in [-0.25, -0.2) is 0 Å². The number of nitrogens with one attached hydrogen (secondary N) is 5. The number of hydrogen-bond acceptors (Lipinski definition) is 16. The van der Waals surface area contributed by atoms with E-state index in [0.29, 0.717) is 75.2 Å². The average molecular weight is 1440 g/mol. The van der Waals surface area contributed by atoms with Gasteiger partial charge in [-0.1, -0.05) is 70.9 Å². The molecule has 3 aliphatic carbocycles. The van der Waals surface area contributed by atoms with Crippen LogP contribution in [0.15, 0.2) is 48.5 Å². The standard InChI is InChI=1S/C75H114N10O13Se/c1-44(2)31-51(73(97)83-61(33-46(5)6)66(90)38-50(18-12-14-30-77)72(96)84-63(40-68(79)92)65(89)37-49(70(80)94)17-11-13-29-76)35-53(86)42-82-71(95)52(43-99-55-21-19-48-20-22-57-56(58(48)39-55)27-28-75(7)59(57)23-25-67(75)91)36-54(87)41-81-69(93)26-24-64(88)62(34-47-15-9-8-10-16-47)85-74(98)60(78)32-45(3)4/h8-10,15-16,19,21,39,44-46,49-52,56-57,59-63H,11-14,17-18,20,22-38,40-43,76-78H2,1-7H3,(H2,79,92)(H2,80,94)(H,81,93)(H,82,95)(H,83,97)(H,84,96)(H,85,98)/t49-,50-,51-,52+,56-,57+,59-,60+,61+,62+,63+,75?/m1/s1. The zero-order chi connectivity index (χ0) is 73.1. The van der Waals surface area contributed by atoms with Crippen LogP contribution in [0.5, 0.6) is 0 Å². The van der Waals surface area contributed by atoms with E-state index in [0.717, 1.165) is 42.1 Å². The van der Waals surface area contributed by atoms with E-state index in [-0.39, 0.29) is 120 Å². The van der Waals surface area contributed by atoms with Crippen LogP contribution in [0.4, 0.5) is 0 Å². The summed E-state index contributed by atoms with van der Waals surface area (Å²) in [6.07, 6.45) is 6.32. The average Bonchev–Trinajstić information content (AvgIpc) is 1.69. The molecular formula is C75H114N10O13Se. The molecule has 23 nitrogen and oxygen atoms in total. The van der Waals surface area contributed by atoms with Crippen LogP contribution < -0.4 is 59.7 Å². The van der Waals surface area contributed by atoms with Crippen molar-refractivity contribution in [1.82, 2.24) is 26.6 Å². The first-order valence-electron chi connectivity index (χ1n) is 36.1. The van der Waals surface area contributed by atoms with E-state index in [9.17, 15) is 62.3 Å². The van der Waals surface area contributed by atoms with E-state index in [1.165, 1.54) is 11.1 Å². The van der Waals surface area contributed by atoms with Crippen LogP contribution in [0.3, 0.4) is 0 Å². The second kappa shape index (κ2) is 41.2. The molecule has 3 aliphatic rings. The third kappa shape index (κ3) is 26.9. The summed E-state index contributed by atoms with van der Waals surface area (Å²) in [5.41, 5.74) is 31.8. The molecule has 0 heterocycles. The number of unbranched alkanes of at least 4 members (excludes halogenated alkanes) is 2. The maximum absolute atomic E-state index is 14.5. The molecule has 15 N–H and O–H groups in total. The van der Waals surface area contributed by atoms with Crippen molar-refractivity contribution in [3.05, 3.63) is 65.2 Å². The van der Waals surface area contributed by atoms with Crippen molar-refractivity contribution in [3.63, 3.8) is 0 Å². The zero-order valence-corrected chi connectivity index (χ0v) is 61.3. The van der Waals surface area contributed by atoms with Crippen molar-refractivity contribution in [1.29, 1.82) is 0 Å². The molecule has 548 valence electrons. The Labute approximate surface area is 591 Å². The topological polar surface area (TPSA) is 412 Å². The molecule has 12 atom stereocenters. The van der Waals surface area contributed by atoms with Crippen molar-refractivity contribution in [3.8, 4) is 0 Å². The fourth-order valence-electron chi connectivity index (χ4n) is 14.7. The second-order valence-corrected chi connectivity index (χ2v) is 31.9. The van der Waals surface area contributed by atoms with Crippen LogP contribution in [-0.2, 0) is 75.2 Å². The van der Waals surface area contributed by atoms with Gasteiger partial charge in [0.15, 0.2) is 5.78 Å². The Kier molecular flexibility index (Phi) is 34.4. The van der Waals surface area contributed by atoms with Crippen LogP contribution in [0, 0.1) is 58.7 Å². The molecule has 0 radical (unpaired) electrons. The van der Waals surface area contributed by atoms with Crippen molar-refractivity contribution >= 4 is 95.5 Å². The van der Waals surface area contributed by atoms with Gasteiger partial charge >= 0.3 is 326 Å². The Morgan fingerprint density at radius 3 is 1.79 bits per heavy atom. The van der Waals surface area contributed by atoms with Gasteiger partial charge in [0.1, 0.15) is 0 Å². The number of benzene rings is 2. The summed E-state index contributed by atoms with van der Waals surface area (Å²) in [6, 6.07) is 11.3. The quantitative estimate of drug-likeness (QED) is 0.0321. The number of rotatable bonds is 47. The number of Topliss-reactive ketones (excluding diaryl/α,β-unsaturated/α-hetero) is 6. The fourth-order valence-corrected chi connectivity index (χ4v) is 16.8. The number of aryl methyl sites for hydroxylation is 1. The number of primary amides is 2. The van der Waals surface area contributed by atoms with E-state index < -0.39 is 132 Å². The molecule has 7 amide bonds. The number of carbonyl (C=O) groups excluding carboxylic acids is 13. The van der Waals surface area contributed by atoms with Crippen LogP contribution in [-0.4, -0.2) is 141 Å². The van der Waals surface area contributed by atoms with Gasteiger partial charge in [0.05, 0.1) is 18.5 Å². The summed E-state index contributed by atoms with van der Waals surface area (Å²) in [5, 5.41) is 13.9. The third-order valence-corrected chi connectivity index (χ3v) is 22.5. The molecule has 2 aromatic rings. The molecule has 0 bridgehead atoms. The van der Waals surface area contributed by atoms with Crippen molar-refractivity contribution < 1.29 is 62.3 Å². The molecular weight excluding hydrogens is 1330 g/mol. The minimum absolute atomic E-state index is 0.0975. The van der Waals surface area contributed by atoms with Crippen LogP contribution in [0.2, 0.25) is 5.32 Å². The number of carbonyl (C=O) groups is 13. The van der Waals surface area contributed by atoms with Gasteiger partial charge in [0, 0.05) is 24.7 Å². The van der Waals surface area contributed by atoms with Gasteiger partial charge in [-0.3, -0.25) is 28.8 Å². The van der Waals surface area contributed by atoms with E-state index in [1.54, 1.807) is 0 Å². The summed E-state index contributed by atoms with van der Waals surface area (Å²) in [7, 11) is 0. The molecule has 0 aromatic heterocycles. The van der Waals surface area contributed by atoms with Crippen LogP contribution in [0.1, 0.15) is 206 Å².